The van der Waals surface area contributed by atoms with Gasteiger partial charge in [-0.05, 0) is 56.8 Å². The maximum atomic E-state index is 11.2. The van der Waals surface area contributed by atoms with Gasteiger partial charge in [0.05, 0.1) is 20.4 Å². The predicted octanol–water partition coefficient (Wildman–Crippen LogP) is 3.20. The Labute approximate surface area is 124 Å². The highest BCUT2D eigenvalue weighted by Gasteiger charge is 2.15. The fourth-order valence-corrected chi connectivity index (χ4v) is 3.52. The number of ether oxygens (including phenoxy) is 1. The van der Waals surface area contributed by atoms with Gasteiger partial charge in [0.1, 0.15) is 5.75 Å². The van der Waals surface area contributed by atoms with Crippen LogP contribution in [0.5, 0.6) is 5.75 Å². The lowest BCUT2D eigenvalue weighted by atomic mass is 10.3. The number of sulfonamides is 1. The maximum absolute atomic E-state index is 11.2. The molecule has 0 aliphatic rings. The van der Waals surface area contributed by atoms with E-state index in [0.717, 1.165) is 12.8 Å². The SMILES string of the molecule is C=CCCCOc1c(Br)cc(S(N)(=O)=O)cc1Br. The number of primary sulfonamides is 1. The van der Waals surface area contributed by atoms with Crippen molar-refractivity contribution in [2.45, 2.75) is 17.7 Å². The zero-order valence-corrected chi connectivity index (χ0v) is 13.5. The molecule has 0 fully saturated rings. The number of benzene rings is 1. The summed E-state index contributed by atoms with van der Waals surface area (Å²) in [5.41, 5.74) is 0. The lowest BCUT2D eigenvalue weighted by molar-refractivity contribution is 0.308. The summed E-state index contributed by atoms with van der Waals surface area (Å²) in [7, 11) is -3.72. The normalized spacial score (nSPS) is 11.3. The van der Waals surface area contributed by atoms with E-state index in [4.69, 9.17) is 9.88 Å². The van der Waals surface area contributed by atoms with E-state index in [1.54, 1.807) is 0 Å². The molecule has 18 heavy (non-hydrogen) atoms. The first-order valence-electron chi connectivity index (χ1n) is 5.12. The summed E-state index contributed by atoms with van der Waals surface area (Å²) in [6, 6.07) is 2.84. The molecule has 0 unspecified atom stereocenters. The number of hydrogen-bond acceptors (Lipinski definition) is 3. The van der Waals surface area contributed by atoms with Gasteiger partial charge in [0.25, 0.3) is 0 Å². The van der Waals surface area contributed by atoms with Gasteiger partial charge < -0.3 is 4.74 Å². The van der Waals surface area contributed by atoms with Gasteiger partial charge in [-0.1, -0.05) is 6.08 Å². The lowest BCUT2D eigenvalue weighted by Gasteiger charge is -2.11. The molecule has 1 rings (SSSR count). The van der Waals surface area contributed by atoms with Crippen LogP contribution in [0.4, 0.5) is 0 Å². The molecule has 0 bridgehead atoms. The van der Waals surface area contributed by atoms with E-state index in [0.29, 0.717) is 21.3 Å². The molecule has 100 valence electrons. The van der Waals surface area contributed by atoms with Crippen LogP contribution >= 0.6 is 31.9 Å². The average Bonchev–Trinajstić information content (AvgIpc) is 2.25. The van der Waals surface area contributed by atoms with E-state index in [-0.39, 0.29) is 4.90 Å². The third kappa shape index (κ3) is 4.38. The van der Waals surface area contributed by atoms with Gasteiger partial charge in [-0.3, -0.25) is 0 Å². The molecule has 0 saturated heterocycles. The van der Waals surface area contributed by atoms with Crippen molar-refractivity contribution in [1.29, 1.82) is 0 Å². The minimum atomic E-state index is -3.72. The molecule has 0 aliphatic carbocycles. The second-order valence-corrected chi connectivity index (χ2v) is 6.81. The topological polar surface area (TPSA) is 69.4 Å². The van der Waals surface area contributed by atoms with Gasteiger partial charge in [0.2, 0.25) is 10.0 Å². The molecule has 0 amide bonds. The van der Waals surface area contributed by atoms with Crippen molar-refractivity contribution in [3.63, 3.8) is 0 Å². The van der Waals surface area contributed by atoms with Crippen LogP contribution in [0.1, 0.15) is 12.8 Å². The monoisotopic (exact) mass is 397 g/mol. The highest BCUT2D eigenvalue weighted by molar-refractivity contribution is 9.11. The van der Waals surface area contributed by atoms with Crippen LogP contribution in [0.2, 0.25) is 0 Å². The molecule has 0 spiro atoms. The van der Waals surface area contributed by atoms with Crippen molar-refractivity contribution in [2.75, 3.05) is 6.61 Å². The molecule has 0 heterocycles. The van der Waals surface area contributed by atoms with E-state index < -0.39 is 10.0 Å². The van der Waals surface area contributed by atoms with E-state index in [2.05, 4.69) is 38.4 Å². The maximum Gasteiger partial charge on any atom is 0.238 e. The van der Waals surface area contributed by atoms with E-state index in [1.165, 1.54) is 12.1 Å². The Hall–Kier alpha value is -0.370. The Morgan fingerprint density at radius 3 is 2.33 bits per heavy atom. The molecule has 7 heteroatoms. The highest BCUT2D eigenvalue weighted by atomic mass is 79.9. The Balaban J connectivity index is 2.92. The number of halogens is 2. The average molecular weight is 399 g/mol. The Bertz CT molecular complexity index is 520. The fraction of sp³-hybridized carbons (Fsp3) is 0.273. The number of hydrogen-bond donors (Lipinski definition) is 1. The molecule has 2 N–H and O–H groups in total. The fourth-order valence-electron chi connectivity index (χ4n) is 1.24. The minimum Gasteiger partial charge on any atom is -0.491 e. The van der Waals surface area contributed by atoms with Crippen molar-refractivity contribution < 1.29 is 13.2 Å². The van der Waals surface area contributed by atoms with Crippen LogP contribution in [0, 0.1) is 0 Å². The van der Waals surface area contributed by atoms with Crippen LogP contribution in [0.25, 0.3) is 0 Å². The summed E-state index contributed by atoms with van der Waals surface area (Å²) >= 11 is 6.53. The molecule has 1 aromatic carbocycles. The molecule has 0 radical (unpaired) electrons. The summed E-state index contributed by atoms with van der Waals surface area (Å²) in [6.45, 7) is 4.15. The largest absolute Gasteiger partial charge is 0.491 e. The lowest BCUT2D eigenvalue weighted by Crippen LogP contribution is -2.12. The van der Waals surface area contributed by atoms with Crippen LogP contribution in [-0.4, -0.2) is 15.0 Å². The van der Waals surface area contributed by atoms with Crippen LogP contribution in [-0.2, 0) is 10.0 Å². The van der Waals surface area contributed by atoms with Gasteiger partial charge in [0, 0.05) is 0 Å². The second-order valence-electron chi connectivity index (χ2n) is 3.54. The van der Waals surface area contributed by atoms with Gasteiger partial charge >= 0.3 is 0 Å². The van der Waals surface area contributed by atoms with Gasteiger partial charge in [-0.2, -0.15) is 0 Å². The summed E-state index contributed by atoms with van der Waals surface area (Å²) in [5.74, 6) is 0.562. The van der Waals surface area contributed by atoms with Crippen LogP contribution in [0.3, 0.4) is 0 Å². The van der Waals surface area contributed by atoms with Crippen molar-refractivity contribution in [3.8, 4) is 5.75 Å². The highest BCUT2D eigenvalue weighted by Crippen LogP contribution is 2.35. The summed E-state index contributed by atoms with van der Waals surface area (Å²) < 4.78 is 29.1. The standard InChI is InChI=1S/C11H13Br2NO3S/c1-2-3-4-5-17-11-9(12)6-8(7-10(11)13)18(14,15)16/h2,6-7H,1,3-5H2,(H2,14,15,16). The molecule has 4 nitrogen and oxygen atoms in total. The first kappa shape index (κ1) is 15.7. The Morgan fingerprint density at radius 2 is 1.89 bits per heavy atom. The van der Waals surface area contributed by atoms with Gasteiger partial charge in [-0.15, -0.1) is 6.58 Å². The molecule has 0 saturated carbocycles. The Kier molecular flexibility index (Phi) is 5.84. The van der Waals surface area contributed by atoms with Crippen molar-refractivity contribution in [3.05, 3.63) is 33.7 Å². The first-order valence-corrected chi connectivity index (χ1v) is 8.25. The molecular formula is C11H13Br2NO3S. The quantitative estimate of drug-likeness (QED) is 0.590. The van der Waals surface area contributed by atoms with E-state index in [9.17, 15) is 8.42 Å². The molecule has 0 aliphatic heterocycles. The van der Waals surface area contributed by atoms with Crippen molar-refractivity contribution in [2.24, 2.45) is 5.14 Å². The number of allylic oxidation sites excluding steroid dienone is 1. The zero-order valence-electron chi connectivity index (χ0n) is 9.53. The van der Waals surface area contributed by atoms with E-state index in [1.807, 2.05) is 6.08 Å². The molecular weight excluding hydrogens is 386 g/mol. The summed E-state index contributed by atoms with van der Waals surface area (Å²) in [5, 5.41) is 5.06. The predicted molar refractivity (Wildman–Crippen MR) is 78.1 cm³/mol. The Morgan fingerprint density at radius 1 is 1.33 bits per heavy atom. The summed E-state index contributed by atoms with van der Waals surface area (Å²) in [6.07, 6.45) is 3.53. The first-order chi connectivity index (χ1) is 8.36. The van der Waals surface area contributed by atoms with Gasteiger partial charge in [0.15, 0.2) is 0 Å². The number of rotatable bonds is 6. The third-order valence-corrected chi connectivity index (χ3v) is 4.17. The number of unbranched alkanes of at least 4 members (excludes halogenated alkanes) is 1. The summed E-state index contributed by atoms with van der Waals surface area (Å²) in [4.78, 5) is 0.0275. The molecule has 1 aromatic rings. The van der Waals surface area contributed by atoms with Crippen LogP contribution in [0.15, 0.2) is 38.6 Å². The minimum absolute atomic E-state index is 0.0275. The zero-order chi connectivity index (χ0) is 13.8. The van der Waals surface area contributed by atoms with E-state index >= 15 is 0 Å². The van der Waals surface area contributed by atoms with Gasteiger partial charge in [-0.25, -0.2) is 13.6 Å². The second kappa shape index (κ2) is 6.70. The molecule has 0 atom stereocenters. The van der Waals surface area contributed by atoms with Crippen molar-refractivity contribution in [1.82, 2.24) is 0 Å². The molecule has 0 aromatic heterocycles. The van der Waals surface area contributed by atoms with Crippen LogP contribution < -0.4 is 9.88 Å². The smallest absolute Gasteiger partial charge is 0.238 e. The third-order valence-electron chi connectivity index (χ3n) is 2.10. The number of nitrogens with two attached hydrogens (primary N) is 1. The van der Waals surface area contributed by atoms with Crippen molar-refractivity contribution >= 4 is 41.9 Å².